The molecule has 1 aromatic rings. The number of rotatable bonds is 4. The summed E-state index contributed by atoms with van der Waals surface area (Å²) in [6.45, 7) is 7.46. The number of nitrogens with one attached hydrogen (secondary N) is 1. The molecule has 0 radical (unpaired) electrons. The third kappa shape index (κ3) is 4.86. The summed E-state index contributed by atoms with van der Waals surface area (Å²) in [5, 5.41) is 11.9. The van der Waals surface area contributed by atoms with Crippen molar-refractivity contribution in [1.29, 1.82) is 5.26 Å². The second-order valence-electron chi connectivity index (χ2n) is 5.40. The van der Waals surface area contributed by atoms with E-state index in [2.05, 4.69) is 26.1 Å². The van der Waals surface area contributed by atoms with Crippen LogP contribution in [0, 0.1) is 22.6 Å². The monoisotopic (exact) mass is 234 g/mol. The highest BCUT2D eigenvalue weighted by Gasteiger charge is 2.09. The molecule has 0 saturated heterocycles. The lowest BCUT2D eigenvalue weighted by Gasteiger charge is -2.18. The Hall–Kier alpha value is -1.56. The maximum Gasteiger partial charge on any atom is 0.141 e. The van der Waals surface area contributed by atoms with Gasteiger partial charge >= 0.3 is 0 Å². The normalized spacial score (nSPS) is 11.0. The molecule has 0 bridgehead atoms. The molecule has 17 heavy (non-hydrogen) atoms. The van der Waals surface area contributed by atoms with Crippen LogP contribution in [0.2, 0.25) is 0 Å². The summed E-state index contributed by atoms with van der Waals surface area (Å²) in [6, 6.07) is 6.37. The Bertz CT molecular complexity index is 413. The van der Waals surface area contributed by atoms with E-state index in [1.807, 2.05) is 6.07 Å². The summed E-state index contributed by atoms with van der Waals surface area (Å²) in [5.41, 5.74) is 1.23. The molecule has 0 fully saturated rings. The first-order valence-electron chi connectivity index (χ1n) is 5.86. The Morgan fingerprint density at radius 2 is 2.06 bits per heavy atom. The number of nitriles is 1. The Kier molecular flexibility index (Phi) is 4.51. The Morgan fingerprint density at radius 1 is 1.35 bits per heavy atom. The van der Waals surface area contributed by atoms with Crippen molar-refractivity contribution in [1.82, 2.24) is 0 Å². The first kappa shape index (κ1) is 13.5. The van der Waals surface area contributed by atoms with Crippen molar-refractivity contribution in [3.05, 3.63) is 29.6 Å². The minimum absolute atomic E-state index is 0.0887. The number of benzene rings is 1. The van der Waals surface area contributed by atoms with Crippen LogP contribution in [0.4, 0.5) is 10.1 Å². The van der Waals surface area contributed by atoms with Gasteiger partial charge < -0.3 is 5.32 Å². The zero-order chi connectivity index (χ0) is 12.9. The van der Waals surface area contributed by atoms with E-state index in [-0.39, 0.29) is 5.56 Å². The van der Waals surface area contributed by atoms with Crippen LogP contribution in [0.1, 0.15) is 39.2 Å². The minimum Gasteiger partial charge on any atom is -0.385 e. The molecule has 2 nitrogen and oxygen atoms in total. The fourth-order valence-electron chi connectivity index (χ4n) is 1.57. The molecule has 0 amide bonds. The molecule has 0 aliphatic rings. The van der Waals surface area contributed by atoms with Gasteiger partial charge in [-0.1, -0.05) is 20.8 Å². The van der Waals surface area contributed by atoms with E-state index in [0.717, 1.165) is 25.1 Å². The molecule has 0 spiro atoms. The smallest absolute Gasteiger partial charge is 0.141 e. The van der Waals surface area contributed by atoms with Gasteiger partial charge in [0.05, 0.1) is 5.56 Å². The van der Waals surface area contributed by atoms with E-state index < -0.39 is 5.82 Å². The predicted molar refractivity (Wildman–Crippen MR) is 68.3 cm³/mol. The second-order valence-corrected chi connectivity index (χ2v) is 5.40. The number of hydrogen-bond acceptors (Lipinski definition) is 2. The summed E-state index contributed by atoms with van der Waals surface area (Å²) in [7, 11) is 0. The van der Waals surface area contributed by atoms with E-state index in [4.69, 9.17) is 5.26 Å². The SMILES string of the molecule is CC(C)(C)CCCNc1ccc(F)c(C#N)c1. The first-order chi connectivity index (χ1) is 7.92. The maximum atomic E-state index is 13.1. The van der Waals surface area contributed by atoms with E-state index >= 15 is 0 Å². The molecule has 0 atom stereocenters. The van der Waals surface area contributed by atoms with Gasteiger partial charge in [-0.25, -0.2) is 4.39 Å². The van der Waals surface area contributed by atoms with Gasteiger partial charge in [-0.2, -0.15) is 5.26 Å². The van der Waals surface area contributed by atoms with E-state index in [0.29, 0.717) is 5.41 Å². The van der Waals surface area contributed by atoms with Gasteiger partial charge in [0.1, 0.15) is 11.9 Å². The largest absolute Gasteiger partial charge is 0.385 e. The quantitative estimate of drug-likeness (QED) is 0.801. The molecule has 0 aromatic heterocycles. The van der Waals surface area contributed by atoms with Crippen molar-refractivity contribution < 1.29 is 4.39 Å². The average Bonchev–Trinajstić information content (AvgIpc) is 2.25. The van der Waals surface area contributed by atoms with Crippen molar-refractivity contribution >= 4 is 5.69 Å². The van der Waals surface area contributed by atoms with Gasteiger partial charge in [0, 0.05) is 12.2 Å². The molecule has 0 saturated carbocycles. The second kappa shape index (κ2) is 5.67. The van der Waals surface area contributed by atoms with Crippen molar-refractivity contribution in [3.63, 3.8) is 0 Å². The van der Waals surface area contributed by atoms with Crippen LogP contribution in [-0.4, -0.2) is 6.54 Å². The maximum absolute atomic E-state index is 13.1. The third-order valence-electron chi connectivity index (χ3n) is 2.52. The summed E-state index contributed by atoms with van der Waals surface area (Å²) in [6.07, 6.45) is 2.19. The highest BCUT2D eigenvalue weighted by atomic mass is 19.1. The van der Waals surface area contributed by atoms with Crippen molar-refractivity contribution in [3.8, 4) is 6.07 Å². The van der Waals surface area contributed by atoms with Gasteiger partial charge in [0.15, 0.2) is 0 Å². The highest BCUT2D eigenvalue weighted by Crippen LogP contribution is 2.20. The van der Waals surface area contributed by atoms with Crippen molar-refractivity contribution in [2.75, 3.05) is 11.9 Å². The molecule has 0 aliphatic carbocycles. The third-order valence-corrected chi connectivity index (χ3v) is 2.52. The zero-order valence-corrected chi connectivity index (χ0v) is 10.7. The lowest BCUT2D eigenvalue weighted by Crippen LogP contribution is -2.09. The molecule has 0 aliphatic heterocycles. The fourth-order valence-corrected chi connectivity index (χ4v) is 1.57. The highest BCUT2D eigenvalue weighted by molar-refractivity contribution is 5.49. The van der Waals surface area contributed by atoms with Gasteiger partial charge in [-0.05, 0) is 36.5 Å². The Balaban J connectivity index is 2.45. The van der Waals surface area contributed by atoms with E-state index in [1.54, 1.807) is 12.1 Å². The summed E-state index contributed by atoms with van der Waals surface area (Å²) in [5.74, 6) is -0.465. The van der Waals surface area contributed by atoms with Crippen LogP contribution in [0.15, 0.2) is 18.2 Å². The van der Waals surface area contributed by atoms with Gasteiger partial charge in [-0.15, -0.1) is 0 Å². The number of anilines is 1. The number of nitrogens with zero attached hydrogens (tertiary/aromatic N) is 1. The van der Waals surface area contributed by atoms with Gasteiger partial charge in [0.2, 0.25) is 0 Å². The van der Waals surface area contributed by atoms with E-state index in [9.17, 15) is 4.39 Å². The molecule has 1 aromatic carbocycles. The molecule has 1 N–H and O–H groups in total. The number of halogens is 1. The van der Waals surface area contributed by atoms with Crippen LogP contribution in [0.25, 0.3) is 0 Å². The summed E-state index contributed by atoms with van der Waals surface area (Å²) >= 11 is 0. The average molecular weight is 234 g/mol. The molecule has 1 rings (SSSR count). The Labute approximate surface area is 102 Å². The van der Waals surface area contributed by atoms with Crippen LogP contribution in [-0.2, 0) is 0 Å². The Morgan fingerprint density at radius 3 is 2.65 bits per heavy atom. The fraction of sp³-hybridized carbons (Fsp3) is 0.500. The summed E-state index contributed by atoms with van der Waals surface area (Å²) < 4.78 is 13.1. The zero-order valence-electron chi connectivity index (χ0n) is 10.7. The van der Waals surface area contributed by atoms with Gasteiger partial charge in [-0.3, -0.25) is 0 Å². The molecule has 92 valence electrons. The summed E-state index contributed by atoms with van der Waals surface area (Å²) in [4.78, 5) is 0. The van der Waals surface area contributed by atoms with Crippen molar-refractivity contribution in [2.45, 2.75) is 33.6 Å². The number of hydrogen-bond donors (Lipinski definition) is 1. The topological polar surface area (TPSA) is 35.8 Å². The first-order valence-corrected chi connectivity index (χ1v) is 5.86. The lowest BCUT2D eigenvalue weighted by atomic mass is 9.91. The van der Waals surface area contributed by atoms with Crippen LogP contribution in [0.5, 0.6) is 0 Å². The van der Waals surface area contributed by atoms with Crippen LogP contribution in [0.3, 0.4) is 0 Å². The van der Waals surface area contributed by atoms with E-state index in [1.165, 1.54) is 6.07 Å². The van der Waals surface area contributed by atoms with Crippen LogP contribution < -0.4 is 5.32 Å². The van der Waals surface area contributed by atoms with Crippen molar-refractivity contribution in [2.24, 2.45) is 5.41 Å². The molecular formula is C14H19FN2. The molecule has 0 heterocycles. The minimum atomic E-state index is -0.465. The van der Waals surface area contributed by atoms with Gasteiger partial charge in [0.25, 0.3) is 0 Å². The molecular weight excluding hydrogens is 215 g/mol. The van der Waals surface area contributed by atoms with Crippen LogP contribution >= 0.6 is 0 Å². The standard InChI is InChI=1S/C14H19FN2/c1-14(2,3)7-4-8-17-12-5-6-13(15)11(9-12)10-16/h5-6,9,17H,4,7-8H2,1-3H3. The lowest BCUT2D eigenvalue weighted by molar-refractivity contribution is 0.370. The molecule has 3 heteroatoms. The predicted octanol–water partition coefficient (Wildman–Crippen LogP) is 3.94. The molecule has 0 unspecified atom stereocenters.